The number of halogens is 1. The summed E-state index contributed by atoms with van der Waals surface area (Å²) in [5.41, 5.74) is 1.07. The Morgan fingerprint density at radius 2 is 1.95 bits per heavy atom. The van der Waals surface area contributed by atoms with Gasteiger partial charge in [0.25, 0.3) is 0 Å². The van der Waals surface area contributed by atoms with E-state index in [4.69, 9.17) is 0 Å². The molecule has 2 aromatic heterocycles. The van der Waals surface area contributed by atoms with Crippen LogP contribution in [0, 0.1) is 0 Å². The molecule has 1 aliphatic heterocycles. The second-order valence-corrected chi connectivity index (χ2v) is 7.14. The lowest BCUT2D eigenvalue weighted by Gasteiger charge is -2.39. The summed E-state index contributed by atoms with van der Waals surface area (Å²) in [5, 5.41) is 13.0. The van der Waals surface area contributed by atoms with Crippen LogP contribution in [0.2, 0.25) is 0 Å². The van der Waals surface area contributed by atoms with Gasteiger partial charge in [-0.25, -0.2) is 0 Å². The Labute approximate surface area is 127 Å². The fourth-order valence-electron chi connectivity index (χ4n) is 2.22. The second-order valence-electron chi connectivity index (χ2n) is 6.22. The molecule has 1 saturated heterocycles. The molecule has 20 heavy (non-hydrogen) atoms. The minimum Gasteiger partial charge on any atom is -0.351 e. The molecule has 0 saturated carbocycles. The maximum atomic E-state index is 4.34. The van der Waals surface area contributed by atoms with Crippen LogP contribution in [0.3, 0.4) is 0 Å². The van der Waals surface area contributed by atoms with Crippen LogP contribution in [0.25, 0.3) is 0 Å². The Kier molecular flexibility index (Phi) is 3.28. The van der Waals surface area contributed by atoms with Crippen molar-refractivity contribution < 1.29 is 0 Å². The molecule has 5 nitrogen and oxygen atoms in total. The van der Waals surface area contributed by atoms with Crippen molar-refractivity contribution in [3.05, 3.63) is 34.7 Å². The summed E-state index contributed by atoms with van der Waals surface area (Å²) in [6, 6.07) is 4.55. The number of anilines is 1. The Morgan fingerprint density at radius 3 is 2.45 bits per heavy atom. The molecule has 0 amide bonds. The fourth-order valence-corrected chi connectivity index (χ4v) is 2.52. The highest BCUT2D eigenvalue weighted by Gasteiger charge is 2.30. The van der Waals surface area contributed by atoms with Crippen molar-refractivity contribution in [1.29, 1.82) is 0 Å². The van der Waals surface area contributed by atoms with Gasteiger partial charge in [-0.15, -0.1) is 5.10 Å². The largest absolute Gasteiger partial charge is 0.351 e. The summed E-state index contributed by atoms with van der Waals surface area (Å²) in [5.74, 6) is 0.945. The van der Waals surface area contributed by atoms with Crippen molar-refractivity contribution in [3.8, 4) is 0 Å². The smallest absolute Gasteiger partial charge is 0.151 e. The van der Waals surface area contributed by atoms with Gasteiger partial charge in [-0.1, -0.05) is 20.8 Å². The molecule has 0 aromatic carbocycles. The van der Waals surface area contributed by atoms with Crippen molar-refractivity contribution in [2.75, 3.05) is 18.0 Å². The zero-order chi connectivity index (χ0) is 14.3. The predicted molar refractivity (Wildman–Crippen MR) is 81.9 cm³/mol. The van der Waals surface area contributed by atoms with Gasteiger partial charge in [0.2, 0.25) is 0 Å². The SMILES string of the molecule is CC(C)(C)c1ccc(N2CC(n3cc(Br)cn3)C2)nn1. The average molecular weight is 336 g/mol. The van der Waals surface area contributed by atoms with Gasteiger partial charge >= 0.3 is 0 Å². The number of nitrogens with zero attached hydrogens (tertiary/aromatic N) is 5. The number of aromatic nitrogens is 4. The van der Waals surface area contributed by atoms with Gasteiger partial charge < -0.3 is 4.90 Å². The third-order valence-electron chi connectivity index (χ3n) is 3.55. The molecule has 0 unspecified atom stereocenters. The van der Waals surface area contributed by atoms with Crippen LogP contribution in [-0.4, -0.2) is 33.1 Å². The predicted octanol–water partition coefficient (Wildman–Crippen LogP) is 2.79. The molecule has 0 spiro atoms. The van der Waals surface area contributed by atoms with Gasteiger partial charge in [0.1, 0.15) is 0 Å². The summed E-state index contributed by atoms with van der Waals surface area (Å²) >= 11 is 3.42. The van der Waals surface area contributed by atoms with E-state index in [1.165, 1.54) is 0 Å². The minimum absolute atomic E-state index is 0.0460. The molecule has 0 N–H and O–H groups in total. The van der Waals surface area contributed by atoms with E-state index < -0.39 is 0 Å². The molecular formula is C14H18BrN5. The Bertz CT molecular complexity index is 593. The Balaban J connectivity index is 1.65. The van der Waals surface area contributed by atoms with E-state index in [0.717, 1.165) is 29.1 Å². The van der Waals surface area contributed by atoms with Crippen LogP contribution < -0.4 is 4.90 Å². The first-order valence-corrected chi connectivity index (χ1v) is 7.51. The van der Waals surface area contributed by atoms with E-state index in [1.54, 1.807) is 0 Å². The van der Waals surface area contributed by atoms with Crippen LogP contribution in [0.4, 0.5) is 5.82 Å². The lowest BCUT2D eigenvalue weighted by Crippen LogP contribution is -2.48. The quantitative estimate of drug-likeness (QED) is 0.846. The maximum Gasteiger partial charge on any atom is 0.151 e. The molecule has 0 bridgehead atoms. The first-order chi connectivity index (χ1) is 9.43. The van der Waals surface area contributed by atoms with Gasteiger partial charge in [0, 0.05) is 24.7 Å². The maximum absolute atomic E-state index is 4.34. The van der Waals surface area contributed by atoms with E-state index in [2.05, 4.69) is 69.0 Å². The molecule has 0 atom stereocenters. The molecule has 1 fully saturated rings. The molecule has 0 aliphatic carbocycles. The van der Waals surface area contributed by atoms with Gasteiger partial charge in [0.15, 0.2) is 5.82 Å². The lowest BCUT2D eigenvalue weighted by atomic mass is 9.92. The molecule has 2 aromatic rings. The van der Waals surface area contributed by atoms with Gasteiger partial charge in [-0.05, 0) is 28.1 Å². The molecule has 6 heteroatoms. The van der Waals surface area contributed by atoms with Gasteiger partial charge in [-0.3, -0.25) is 4.68 Å². The standard InChI is InChI=1S/C14H18BrN5/c1-14(2,3)12-4-5-13(18-17-12)19-8-11(9-19)20-7-10(15)6-16-20/h4-7,11H,8-9H2,1-3H3. The number of hydrogen-bond acceptors (Lipinski definition) is 4. The first-order valence-electron chi connectivity index (χ1n) is 6.72. The van der Waals surface area contributed by atoms with Crippen molar-refractivity contribution in [1.82, 2.24) is 20.0 Å². The summed E-state index contributed by atoms with van der Waals surface area (Å²) in [6.45, 7) is 8.29. The highest BCUT2D eigenvalue weighted by molar-refractivity contribution is 9.10. The fraction of sp³-hybridized carbons (Fsp3) is 0.500. The van der Waals surface area contributed by atoms with Crippen LogP contribution in [0.5, 0.6) is 0 Å². The van der Waals surface area contributed by atoms with Crippen LogP contribution in [0.1, 0.15) is 32.5 Å². The van der Waals surface area contributed by atoms with Crippen molar-refractivity contribution >= 4 is 21.7 Å². The lowest BCUT2D eigenvalue weighted by molar-refractivity contribution is 0.364. The highest BCUT2D eigenvalue weighted by Crippen LogP contribution is 2.27. The van der Waals surface area contributed by atoms with E-state index in [-0.39, 0.29) is 5.41 Å². The molecule has 1 aliphatic rings. The van der Waals surface area contributed by atoms with Crippen molar-refractivity contribution in [2.45, 2.75) is 32.2 Å². The van der Waals surface area contributed by atoms with Crippen molar-refractivity contribution in [2.24, 2.45) is 0 Å². The molecular weight excluding hydrogens is 318 g/mol. The van der Waals surface area contributed by atoms with E-state index in [0.29, 0.717) is 6.04 Å². The molecule has 106 valence electrons. The van der Waals surface area contributed by atoms with Crippen LogP contribution >= 0.6 is 15.9 Å². The first kappa shape index (κ1) is 13.5. The van der Waals surface area contributed by atoms with E-state index in [9.17, 15) is 0 Å². The number of rotatable bonds is 2. The third kappa shape index (κ3) is 2.57. The Hall–Kier alpha value is -1.43. The zero-order valence-corrected chi connectivity index (χ0v) is 13.5. The average Bonchev–Trinajstić information content (AvgIpc) is 2.73. The zero-order valence-electron chi connectivity index (χ0n) is 11.9. The topological polar surface area (TPSA) is 46.8 Å². The van der Waals surface area contributed by atoms with Gasteiger partial charge in [0.05, 0.1) is 22.4 Å². The van der Waals surface area contributed by atoms with Gasteiger partial charge in [-0.2, -0.15) is 10.2 Å². The molecule has 3 heterocycles. The second kappa shape index (κ2) is 4.84. The summed E-state index contributed by atoms with van der Waals surface area (Å²) in [7, 11) is 0. The third-order valence-corrected chi connectivity index (χ3v) is 3.96. The van der Waals surface area contributed by atoms with E-state index in [1.807, 2.05) is 17.1 Å². The normalized spacial score (nSPS) is 16.3. The summed E-state index contributed by atoms with van der Waals surface area (Å²) in [6.07, 6.45) is 3.83. The monoisotopic (exact) mass is 335 g/mol. The molecule has 3 rings (SSSR count). The molecule has 0 radical (unpaired) electrons. The summed E-state index contributed by atoms with van der Waals surface area (Å²) < 4.78 is 3.02. The highest BCUT2D eigenvalue weighted by atomic mass is 79.9. The van der Waals surface area contributed by atoms with Crippen LogP contribution in [0.15, 0.2) is 29.0 Å². The van der Waals surface area contributed by atoms with Crippen LogP contribution in [-0.2, 0) is 5.41 Å². The van der Waals surface area contributed by atoms with E-state index >= 15 is 0 Å². The Morgan fingerprint density at radius 1 is 1.20 bits per heavy atom. The summed E-state index contributed by atoms with van der Waals surface area (Å²) in [4.78, 5) is 2.22. The number of hydrogen-bond donors (Lipinski definition) is 0. The van der Waals surface area contributed by atoms with Crippen molar-refractivity contribution in [3.63, 3.8) is 0 Å². The minimum atomic E-state index is 0.0460.